The van der Waals surface area contributed by atoms with E-state index in [0.29, 0.717) is 12.6 Å². The first kappa shape index (κ1) is 14.9. The Morgan fingerprint density at radius 3 is 3.15 bits per heavy atom. The number of nitrogens with one attached hydrogen (secondary N) is 1. The van der Waals surface area contributed by atoms with Crippen LogP contribution in [-0.4, -0.2) is 52.0 Å². The zero-order chi connectivity index (χ0) is 14.4. The number of nitrogens with zero attached hydrogens (tertiary/aromatic N) is 4. The summed E-state index contributed by atoms with van der Waals surface area (Å²) in [6, 6.07) is 0.647. The molecule has 1 saturated heterocycles. The summed E-state index contributed by atoms with van der Waals surface area (Å²) in [6.07, 6.45) is 6.88. The van der Waals surface area contributed by atoms with E-state index < -0.39 is 0 Å². The van der Waals surface area contributed by atoms with Gasteiger partial charge in [-0.05, 0) is 32.9 Å². The molecule has 7 heteroatoms. The molecule has 1 fully saturated rings. The molecule has 0 aliphatic carbocycles. The maximum atomic E-state index is 11.1. The van der Waals surface area contributed by atoms with Crippen molar-refractivity contribution >= 4 is 5.91 Å². The van der Waals surface area contributed by atoms with Crippen LogP contribution in [0.1, 0.15) is 31.4 Å². The lowest BCUT2D eigenvalue weighted by molar-refractivity contribution is -0.119. The van der Waals surface area contributed by atoms with E-state index in [1.54, 1.807) is 0 Å². The highest BCUT2D eigenvalue weighted by Crippen LogP contribution is 2.18. The largest absolute Gasteiger partial charge is 0.349 e. The number of likely N-dealkylation sites (tertiary alicyclic amines) is 1. The number of carbonyl (C=O) groups excluding carboxylic acids is 1. The fourth-order valence-electron chi connectivity index (χ4n) is 2.58. The Bertz CT molecular complexity index is 432. The summed E-state index contributed by atoms with van der Waals surface area (Å²) in [5, 5.41) is 10.8. The van der Waals surface area contributed by atoms with Crippen LogP contribution in [0.25, 0.3) is 0 Å². The molecule has 2 rings (SSSR count). The average Bonchev–Trinajstić information content (AvgIpc) is 2.92. The number of carbonyl (C=O) groups is 1. The maximum Gasteiger partial charge on any atom is 0.234 e. The summed E-state index contributed by atoms with van der Waals surface area (Å²) in [4.78, 5) is 13.5. The van der Waals surface area contributed by atoms with Gasteiger partial charge in [-0.15, -0.1) is 5.10 Å². The van der Waals surface area contributed by atoms with Crippen LogP contribution < -0.4 is 11.1 Å². The van der Waals surface area contributed by atoms with Crippen LogP contribution in [0.15, 0.2) is 6.20 Å². The van der Waals surface area contributed by atoms with Gasteiger partial charge in [-0.3, -0.25) is 9.48 Å². The van der Waals surface area contributed by atoms with Crippen LogP contribution in [0, 0.1) is 0 Å². The third-order valence-electron chi connectivity index (χ3n) is 3.85. The van der Waals surface area contributed by atoms with Crippen molar-refractivity contribution in [1.82, 2.24) is 25.2 Å². The Balaban J connectivity index is 1.76. The van der Waals surface area contributed by atoms with Crippen LogP contribution in [0.4, 0.5) is 0 Å². The topological polar surface area (TPSA) is 89.1 Å². The molecule has 1 aliphatic heterocycles. The Kier molecular flexibility index (Phi) is 5.49. The monoisotopic (exact) mass is 280 g/mol. The second kappa shape index (κ2) is 7.35. The van der Waals surface area contributed by atoms with Gasteiger partial charge in [-0.2, -0.15) is 0 Å². The highest BCUT2D eigenvalue weighted by molar-refractivity contribution is 5.77. The Morgan fingerprint density at radius 1 is 1.55 bits per heavy atom. The predicted molar refractivity (Wildman–Crippen MR) is 75.8 cm³/mol. The van der Waals surface area contributed by atoms with Crippen LogP contribution in [-0.2, 0) is 17.9 Å². The summed E-state index contributed by atoms with van der Waals surface area (Å²) >= 11 is 0. The minimum atomic E-state index is -0.177. The van der Waals surface area contributed by atoms with E-state index in [0.717, 1.165) is 18.7 Å². The number of rotatable bonds is 6. The minimum Gasteiger partial charge on any atom is -0.349 e. The van der Waals surface area contributed by atoms with Gasteiger partial charge >= 0.3 is 0 Å². The molecule has 1 unspecified atom stereocenters. The van der Waals surface area contributed by atoms with E-state index in [9.17, 15) is 4.79 Å². The molecule has 3 N–H and O–H groups in total. The first-order valence-electron chi connectivity index (χ1n) is 7.25. The van der Waals surface area contributed by atoms with Gasteiger partial charge in [0.2, 0.25) is 5.91 Å². The van der Waals surface area contributed by atoms with Crippen LogP contribution in [0.5, 0.6) is 0 Å². The smallest absolute Gasteiger partial charge is 0.234 e. The zero-order valence-electron chi connectivity index (χ0n) is 12.1. The molecule has 2 heterocycles. The number of nitrogens with two attached hydrogens (primary N) is 1. The van der Waals surface area contributed by atoms with Gasteiger partial charge in [0, 0.05) is 12.6 Å². The Hall–Kier alpha value is -1.47. The van der Waals surface area contributed by atoms with E-state index in [-0.39, 0.29) is 12.5 Å². The molecule has 1 aromatic heterocycles. The lowest BCUT2D eigenvalue weighted by Gasteiger charge is -2.32. The first-order valence-corrected chi connectivity index (χ1v) is 7.25. The number of hydrogen-bond acceptors (Lipinski definition) is 5. The van der Waals surface area contributed by atoms with Gasteiger partial charge in [0.15, 0.2) is 0 Å². The fourth-order valence-corrected chi connectivity index (χ4v) is 2.58. The van der Waals surface area contributed by atoms with Crippen molar-refractivity contribution in [3.63, 3.8) is 0 Å². The van der Waals surface area contributed by atoms with Crippen LogP contribution in [0.3, 0.4) is 0 Å². The van der Waals surface area contributed by atoms with Crippen molar-refractivity contribution in [2.75, 3.05) is 20.1 Å². The molecule has 1 aromatic rings. The second-order valence-corrected chi connectivity index (χ2v) is 5.37. The molecule has 20 heavy (non-hydrogen) atoms. The zero-order valence-corrected chi connectivity index (χ0v) is 12.1. The van der Waals surface area contributed by atoms with E-state index in [1.165, 1.54) is 25.8 Å². The summed E-state index contributed by atoms with van der Waals surface area (Å²) in [5.74, 6) is -0.177. The van der Waals surface area contributed by atoms with Crippen LogP contribution in [0.2, 0.25) is 0 Å². The quantitative estimate of drug-likeness (QED) is 0.748. The molecule has 1 amide bonds. The van der Waals surface area contributed by atoms with E-state index >= 15 is 0 Å². The molecule has 0 saturated carbocycles. The molecule has 0 aromatic carbocycles. The highest BCUT2D eigenvalue weighted by Gasteiger charge is 2.18. The molecule has 1 atom stereocenters. The number of aromatic nitrogens is 3. The highest BCUT2D eigenvalue weighted by atomic mass is 16.1. The fraction of sp³-hybridized carbons (Fsp3) is 0.769. The first-order chi connectivity index (χ1) is 9.69. The lowest BCUT2D eigenvalue weighted by Crippen LogP contribution is -2.36. The normalized spacial score (nSPS) is 20.0. The molecule has 112 valence electrons. The van der Waals surface area contributed by atoms with E-state index in [1.807, 2.05) is 10.9 Å². The van der Waals surface area contributed by atoms with E-state index in [4.69, 9.17) is 5.73 Å². The van der Waals surface area contributed by atoms with Gasteiger partial charge in [0.1, 0.15) is 5.69 Å². The molecular weight excluding hydrogens is 256 g/mol. The summed E-state index contributed by atoms with van der Waals surface area (Å²) < 4.78 is 1.85. The van der Waals surface area contributed by atoms with Crippen molar-refractivity contribution < 1.29 is 4.79 Å². The van der Waals surface area contributed by atoms with Gasteiger partial charge in [0.05, 0.1) is 19.3 Å². The Morgan fingerprint density at radius 2 is 2.40 bits per heavy atom. The number of aryl methyl sites for hydroxylation is 1. The minimum absolute atomic E-state index is 0.00213. The van der Waals surface area contributed by atoms with Crippen molar-refractivity contribution in [1.29, 1.82) is 0 Å². The third-order valence-corrected chi connectivity index (χ3v) is 3.85. The average molecular weight is 280 g/mol. The lowest BCUT2D eigenvalue weighted by atomic mass is 10.0. The molecule has 0 bridgehead atoms. The van der Waals surface area contributed by atoms with Crippen molar-refractivity contribution in [2.24, 2.45) is 5.73 Å². The van der Waals surface area contributed by atoms with Crippen LogP contribution >= 0.6 is 0 Å². The standard InChI is InChI=1S/C13H24N6O/c1-18-6-3-2-4-12(18)5-7-19-10-11(16-17-19)9-15-13(20)8-14/h10,12H,2-9,14H2,1H3,(H,15,20). The molecular formula is C13H24N6O. The van der Waals surface area contributed by atoms with Gasteiger partial charge in [0.25, 0.3) is 0 Å². The predicted octanol–water partition coefficient (Wildman–Crippen LogP) is -0.273. The van der Waals surface area contributed by atoms with Crippen molar-refractivity contribution in [3.05, 3.63) is 11.9 Å². The number of amides is 1. The summed E-state index contributed by atoms with van der Waals surface area (Å²) in [7, 11) is 2.19. The molecule has 0 spiro atoms. The second-order valence-electron chi connectivity index (χ2n) is 5.37. The molecule has 7 nitrogen and oxygen atoms in total. The van der Waals surface area contributed by atoms with Gasteiger partial charge < -0.3 is 16.0 Å². The third kappa shape index (κ3) is 4.28. The van der Waals surface area contributed by atoms with Gasteiger partial charge in [-0.1, -0.05) is 11.6 Å². The summed E-state index contributed by atoms with van der Waals surface area (Å²) in [5.41, 5.74) is 5.99. The van der Waals surface area contributed by atoms with Gasteiger partial charge in [-0.25, -0.2) is 0 Å². The Labute approximate surface area is 119 Å². The molecule has 1 aliphatic rings. The molecule has 0 radical (unpaired) electrons. The van der Waals surface area contributed by atoms with E-state index in [2.05, 4.69) is 27.6 Å². The van der Waals surface area contributed by atoms with Crippen molar-refractivity contribution in [2.45, 2.75) is 44.8 Å². The maximum absolute atomic E-state index is 11.1. The summed E-state index contributed by atoms with van der Waals surface area (Å²) in [6.45, 7) is 2.45. The number of piperidine rings is 1. The SMILES string of the molecule is CN1CCCCC1CCn1cc(CNC(=O)CN)nn1. The number of hydrogen-bond donors (Lipinski definition) is 2. The van der Waals surface area contributed by atoms with Crippen molar-refractivity contribution in [3.8, 4) is 0 Å².